The van der Waals surface area contributed by atoms with Crippen LogP contribution in [0.15, 0.2) is 66.7 Å². The second-order valence-corrected chi connectivity index (χ2v) is 15.0. The number of carboxylic acids is 2. The van der Waals surface area contributed by atoms with Crippen molar-refractivity contribution in [2.75, 3.05) is 25.5 Å². The van der Waals surface area contributed by atoms with Crippen LogP contribution in [0.3, 0.4) is 0 Å². The first-order chi connectivity index (χ1) is 27.5. The van der Waals surface area contributed by atoms with Crippen LogP contribution in [0.2, 0.25) is 0 Å². The Morgan fingerprint density at radius 2 is 1.53 bits per heavy atom. The fourth-order valence-corrected chi connectivity index (χ4v) is 6.84. The van der Waals surface area contributed by atoms with Crippen LogP contribution in [0.4, 0.5) is 5.69 Å². The Morgan fingerprint density at radius 3 is 2.16 bits per heavy atom. The number of carboxylic acid groups (broad SMARTS) is 2. The Kier molecular flexibility index (Phi) is 15.5. The van der Waals surface area contributed by atoms with E-state index in [-0.39, 0.29) is 43.5 Å². The van der Waals surface area contributed by atoms with Crippen LogP contribution in [0.5, 0.6) is 0 Å². The molecule has 0 saturated carbocycles. The highest BCUT2D eigenvalue weighted by molar-refractivity contribution is 6.05. The molecule has 58 heavy (non-hydrogen) atoms. The van der Waals surface area contributed by atoms with Crippen LogP contribution >= 0.6 is 0 Å². The van der Waals surface area contributed by atoms with Crippen molar-refractivity contribution in [3.05, 3.63) is 77.9 Å². The van der Waals surface area contributed by atoms with E-state index in [0.717, 1.165) is 10.8 Å². The zero-order valence-corrected chi connectivity index (χ0v) is 33.3. The highest BCUT2D eigenvalue weighted by Gasteiger charge is 2.44. The number of nitrogens with zero attached hydrogens (tertiary/aromatic N) is 2. The molecule has 0 spiro atoms. The molecule has 1 heterocycles. The Labute approximate surface area is 336 Å². The standard InChI is InChI=1S/C42H52N6O10/c1-6-25(4)37(40(55)46-31(22-36(51)52)39(54)43-23-34(49)45-32(42(57)58)19-24(2)3)48-18-17-33(41(48)56)47(5)35(50)20-26-11-13-28(14-12-26)38(53)44-30-16-15-27-9-7-8-10-29(27)21-30/h7-16,21,24-25,31-33,37H,6,17-20,22-23H2,1-5H3,(H,43,54)(H,44,53)(H,45,49)(H,46,55)(H,51,52)(H,57,58)/t25?,31-,32-,33?,37?/m0/s1. The third-order valence-corrected chi connectivity index (χ3v) is 10.2. The Bertz CT molecular complexity index is 2020. The number of hydrogen-bond donors (Lipinski definition) is 6. The highest BCUT2D eigenvalue weighted by atomic mass is 16.4. The molecule has 3 aromatic rings. The van der Waals surface area contributed by atoms with E-state index in [1.54, 1.807) is 52.0 Å². The number of benzene rings is 3. The van der Waals surface area contributed by atoms with Crippen molar-refractivity contribution >= 4 is 63.8 Å². The van der Waals surface area contributed by atoms with E-state index in [9.17, 15) is 48.6 Å². The molecular formula is C42H52N6O10. The molecule has 0 aromatic heterocycles. The summed E-state index contributed by atoms with van der Waals surface area (Å²) in [5.41, 5.74) is 1.66. The van der Waals surface area contributed by atoms with Gasteiger partial charge in [-0.25, -0.2) is 4.79 Å². The van der Waals surface area contributed by atoms with Gasteiger partial charge >= 0.3 is 11.9 Å². The third kappa shape index (κ3) is 11.8. The van der Waals surface area contributed by atoms with E-state index in [2.05, 4.69) is 21.3 Å². The number of likely N-dealkylation sites (tertiary alicyclic amines) is 1. The molecule has 0 aliphatic carbocycles. The third-order valence-electron chi connectivity index (χ3n) is 10.2. The van der Waals surface area contributed by atoms with E-state index < -0.39 is 78.6 Å². The van der Waals surface area contributed by atoms with Gasteiger partial charge in [0.15, 0.2) is 0 Å². The van der Waals surface area contributed by atoms with Crippen LogP contribution in [0.1, 0.15) is 69.3 Å². The summed E-state index contributed by atoms with van der Waals surface area (Å²) in [6, 6.07) is 15.2. The van der Waals surface area contributed by atoms with Crippen LogP contribution in [-0.4, -0.2) is 112 Å². The van der Waals surface area contributed by atoms with E-state index in [4.69, 9.17) is 0 Å². The van der Waals surface area contributed by atoms with Gasteiger partial charge in [-0.1, -0.05) is 76.6 Å². The Hall–Kier alpha value is -6.32. The normalized spacial score (nSPS) is 15.9. The van der Waals surface area contributed by atoms with Crippen LogP contribution in [0.25, 0.3) is 10.8 Å². The average Bonchev–Trinajstić information content (AvgIpc) is 3.55. The molecule has 16 nitrogen and oxygen atoms in total. The summed E-state index contributed by atoms with van der Waals surface area (Å²) < 4.78 is 0. The van der Waals surface area contributed by atoms with Gasteiger partial charge in [0.2, 0.25) is 29.5 Å². The zero-order valence-electron chi connectivity index (χ0n) is 33.3. The lowest BCUT2D eigenvalue weighted by Crippen LogP contribution is -2.58. The van der Waals surface area contributed by atoms with Gasteiger partial charge in [-0.3, -0.25) is 33.6 Å². The van der Waals surface area contributed by atoms with Crippen molar-refractivity contribution in [3.8, 4) is 0 Å². The molecule has 16 heteroatoms. The fraction of sp³-hybridized carbons (Fsp3) is 0.429. The molecule has 4 rings (SSSR count). The smallest absolute Gasteiger partial charge is 0.326 e. The molecule has 3 unspecified atom stereocenters. The minimum atomic E-state index is -1.62. The maximum Gasteiger partial charge on any atom is 0.326 e. The van der Waals surface area contributed by atoms with Gasteiger partial charge in [-0.15, -0.1) is 0 Å². The van der Waals surface area contributed by atoms with Gasteiger partial charge in [0.25, 0.3) is 5.91 Å². The molecule has 0 bridgehead atoms. The molecular weight excluding hydrogens is 748 g/mol. The minimum absolute atomic E-state index is 0.0447. The highest BCUT2D eigenvalue weighted by Crippen LogP contribution is 2.25. The predicted molar refractivity (Wildman–Crippen MR) is 214 cm³/mol. The largest absolute Gasteiger partial charge is 0.481 e. The number of likely N-dealkylation sites (N-methyl/N-ethyl adjacent to an activating group) is 1. The second kappa shape index (κ2) is 20.2. The van der Waals surface area contributed by atoms with Gasteiger partial charge in [0.05, 0.1) is 19.4 Å². The lowest BCUT2D eigenvalue weighted by atomic mass is 9.96. The van der Waals surface area contributed by atoms with Crippen LogP contribution < -0.4 is 21.3 Å². The van der Waals surface area contributed by atoms with E-state index in [0.29, 0.717) is 23.2 Å². The molecule has 0 radical (unpaired) electrons. The molecule has 3 aromatic carbocycles. The first-order valence-electron chi connectivity index (χ1n) is 19.3. The summed E-state index contributed by atoms with van der Waals surface area (Å²) in [7, 11) is 1.50. The topological polar surface area (TPSA) is 232 Å². The summed E-state index contributed by atoms with van der Waals surface area (Å²) in [4.78, 5) is 105. The molecule has 1 aliphatic rings. The summed E-state index contributed by atoms with van der Waals surface area (Å²) in [5, 5.41) is 30.9. The molecule has 6 N–H and O–H groups in total. The van der Waals surface area contributed by atoms with E-state index in [1.807, 2.05) is 42.5 Å². The maximum atomic E-state index is 13.8. The Morgan fingerprint density at radius 1 is 0.862 bits per heavy atom. The first-order valence-corrected chi connectivity index (χ1v) is 19.3. The number of amides is 6. The van der Waals surface area contributed by atoms with Crippen molar-refractivity contribution in [2.24, 2.45) is 11.8 Å². The number of carbonyl (C=O) groups excluding carboxylic acids is 6. The molecule has 5 atom stereocenters. The molecule has 1 fully saturated rings. The van der Waals surface area contributed by atoms with E-state index in [1.165, 1.54) is 16.8 Å². The van der Waals surface area contributed by atoms with Crippen LogP contribution in [-0.2, 0) is 40.0 Å². The monoisotopic (exact) mass is 800 g/mol. The number of carbonyl (C=O) groups is 8. The van der Waals surface area contributed by atoms with Gasteiger partial charge < -0.3 is 41.3 Å². The summed E-state index contributed by atoms with van der Waals surface area (Å²) in [6.45, 7) is 6.55. The van der Waals surface area contributed by atoms with Gasteiger partial charge in [-0.2, -0.15) is 0 Å². The van der Waals surface area contributed by atoms with Gasteiger partial charge in [0.1, 0.15) is 24.2 Å². The molecule has 1 aliphatic heterocycles. The quantitative estimate of drug-likeness (QED) is 0.104. The predicted octanol–water partition coefficient (Wildman–Crippen LogP) is 2.80. The second-order valence-electron chi connectivity index (χ2n) is 15.0. The van der Waals surface area contributed by atoms with Crippen molar-refractivity contribution in [1.29, 1.82) is 0 Å². The Balaban J connectivity index is 1.36. The number of anilines is 1. The van der Waals surface area contributed by atoms with Crippen molar-refractivity contribution in [1.82, 2.24) is 25.8 Å². The summed E-state index contributed by atoms with van der Waals surface area (Å²) in [5.74, 6) is -6.89. The fourth-order valence-electron chi connectivity index (χ4n) is 6.84. The lowest BCUT2D eigenvalue weighted by Gasteiger charge is -2.33. The number of nitrogens with one attached hydrogen (secondary N) is 4. The zero-order chi connectivity index (χ0) is 42.7. The molecule has 1 saturated heterocycles. The minimum Gasteiger partial charge on any atom is -0.481 e. The van der Waals surface area contributed by atoms with Crippen molar-refractivity contribution in [2.45, 2.75) is 84.0 Å². The number of hydrogen-bond acceptors (Lipinski definition) is 8. The average molecular weight is 801 g/mol. The number of rotatable bonds is 19. The molecule has 6 amide bonds. The van der Waals surface area contributed by atoms with E-state index >= 15 is 0 Å². The molecule has 310 valence electrons. The summed E-state index contributed by atoms with van der Waals surface area (Å²) in [6.07, 6.45) is -0.0819. The number of aliphatic carboxylic acids is 2. The van der Waals surface area contributed by atoms with Crippen LogP contribution in [0, 0.1) is 11.8 Å². The number of fused-ring (bicyclic) bond motifs is 1. The lowest BCUT2D eigenvalue weighted by molar-refractivity contribution is -0.146. The van der Waals surface area contributed by atoms with Gasteiger partial charge in [0, 0.05) is 24.8 Å². The SMILES string of the molecule is CCC(C)C(C(=O)N[C@@H](CC(=O)O)C(=O)NCC(=O)N[C@@H](CC(C)C)C(=O)O)N1CCC(N(C)C(=O)Cc2ccc(C(=O)Nc3ccc4ccccc4c3)cc2)C1=O. The van der Waals surface area contributed by atoms with Gasteiger partial charge in [-0.05, 0) is 65.3 Å². The van der Waals surface area contributed by atoms with Crippen molar-refractivity contribution in [3.63, 3.8) is 0 Å². The first kappa shape index (κ1) is 44.4. The maximum absolute atomic E-state index is 13.8. The summed E-state index contributed by atoms with van der Waals surface area (Å²) >= 11 is 0. The van der Waals surface area contributed by atoms with Crippen molar-refractivity contribution < 1.29 is 48.6 Å².